The maximum atomic E-state index is 13.2. The summed E-state index contributed by atoms with van der Waals surface area (Å²) in [6, 6.07) is 18.1. The summed E-state index contributed by atoms with van der Waals surface area (Å²) in [4.78, 5) is 33.1. The van der Waals surface area contributed by atoms with Crippen molar-refractivity contribution in [2.24, 2.45) is 5.16 Å². The molecule has 0 fully saturated rings. The van der Waals surface area contributed by atoms with Gasteiger partial charge in [0.15, 0.2) is 5.71 Å². The number of amides is 1. The summed E-state index contributed by atoms with van der Waals surface area (Å²) in [5, 5.41) is 13.1. The fourth-order valence-corrected chi connectivity index (χ4v) is 5.48. The number of aromatic nitrogens is 3. The summed E-state index contributed by atoms with van der Waals surface area (Å²) in [5.74, 6) is 0.877. The van der Waals surface area contributed by atoms with Crippen LogP contribution in [0.25, 0.3) is 22.3 Å². The molecule has 0 aliphatic carbocycles. The van der Waals surface area contributed by atoms with Gasteiger partial charge in [0.25, 0.3) is 5.91 Å². The summed E-state index contributed by atoms with van der Waals surface area (Å²) >= 11 is 3.46. The molecular formula is C33H30BrN5O7. The maximum Gasteiger partial charge on any atom is 0.342 e. The minimum atomic E-state index is -0.491. The van der Waals surface area contributed by atoms with Gasteiger partial charge in [0.2, 0.25) is 0 Å². The molecule has 1 aliphatic rings. The molecule has 0 radical (unpaired) electrons. The molecule has 236 valence electrons. The molecule has 1 aliphatic heterocycles. The van der Waals surface area contributed by atoms with Crippen molar-refractivity contribution in [1.29, 1.82) is 0 Å². The fraction of sp³-hybridized carbons (Fsp3) is 0.242. The van der Waals surface area contributed by atoms with Crippen molar-refractivity contribution >= 4 is 50.2 Å². The minimum absolute atomic E-state index is 0.133. The quantitative estimate of drug-likeness (QED) is 0.114. The van der Waals surface area contributed by atoms with Crippen molar-refractivity contribution in [3.63, 3.8) is 0 Å². The zero-order valence-electron chi connectivity index (χ0n) is 25.4. The number of carbonyl (C=O) groups excluding carboxylic acids is 2. The molecule has 12 nitrogen and oxygen atoms in total. The van der Waals surface area contributed by atoms with Crippen LogP contribution in [0, 0.1) is 0 Å². The highest BCUT2D eigenvalue weighted by atomic mass is 79.9. The predicted molar refractivity (Wildman–Crippen MR) is 173 cm³/mol. The zero-order valence-corrected chi connectivity index (χ0v) is 26.9. The highest BCUT2D eigenvalue weighted by Crippen LogP contribution is 2.37. The second kappa shape index (κ2) is 13.4. The Morgan fingerprint density at radius 1 is 1.00 bits per heavy atom. The lowest BCUT2D eigenvalue weighted by atomic mass is 10.1. The molecule has 0 saturated carbocycles. The van der Waals surface area contributed by atoms with Gasteiger partial charge in [0, 0.05) is 27.5 Å². The first-order valence-electron chi connectivity index (χ1n) is 14.6. The molecule has 0 bridgehead atoms. The number of ether oxygens (including phenoxy) is 3. The largest absolute Gasteiger partial charge is 0.497 e. The Bertz CT molecular complexity index is 1930. The van der Waals surface area contributed by atoms with E-state index in [4.69, 9.17) is 23.5 Å². The third kappa shape index (κ3) is 6.18. The van der Waals surface area contributed by atoms with Gasteiger partial charge in [0.05, 0.1) is 32.1 Å². The molecule has 13 heteroatoms. The number of oxime groups is 1. The number of anilines is 1. The number of methoxy groups -OCH3 is 1. The molecule has 0 N–H and O–H groups in total. The molecule has 0 atom stereocenters. The Labute approximate surface area is 272 Å². The number of fused-ring (bicyclic) bond motifs is 2. The van der Waals surface area contributed by atoms with Crippen LogP contribution < -0.4 is 14.4 Å². The molecule has 5 aromatic rings. The summed E-state index contributed by atoms with van der Waals surface area (Å²) < 4.78 is 25.3. The van der Waals surface area contributed by atoms with Gasteiger partial charge in [-0.25, -0.2) is 4.79 Å². The van der Waals surface area contributed by atoms with E-state index >= 15 is 0 Å². The molecular weight excluding hydrogens is 658 g/mol. The third-order valence-electron chi connectivity index (χ3n) is 7.25. The third-order valence-corrected chi connectivity index (χ3v) is 7.75. The average Bonchev–Trinajstić information content (AvgIpc) is 3.75. The zero-order chi connectivity index (χ0) is 32.2. The SMILES string of the molecule is CCO/N=C1/C(=O)N(CCn2cc(COc3ccc4oc(-c5ccc(OC)cc5)c(C(=O)OCC)c4c3)nn2)c2ccc(Br)cc21. The van der Waals surface area contributed by atoms with Gasteiger partial charge in [-0.15, -0.1) is 5.10 Å². The molecule has 1 amide bonds. The van der Waals surface area contributed by atoms with Crippen molar-refractivity contribution in [2.75, 3.05) is 31.8 Å². The van der Waals surface area contributed by atoms with E-state index < -0.39 is 5.97 Å². The fourth-order valence-electron chi connectivity index (χ4n) is 5.12. The number of benzene rings is 3. The number of carbonyl (C=O) groups is 2. The summed E-state index contributed by atoms with van der Waals surface area (Å²) in [7, 11) is 1.59. The molecule has 0 saturated heterocycles. The van der Waals surface area contributed by atoms with E-state index in [1.54, 1.807) is 60.1 Å². The molecule has 3 heterocycles. The van der Waals surface area contributed by atoms with Crippen molar-refractivity contribution in [3.8, 4) is 22.8 Å². The maximum absolute atomic E-state index is 13.2. The van der Waals surface area contributed by atoms with E-state index in [9.17, 15) is 9.59 Å². The van der Waals surface area contributed by atoms with Gasteiger partial charge >= 0.3 is 5.97 Å². The topological polar surface area (TPSA) is 131 Å². The average molecular weight is 689 g/mol. The van der Waals surface area contributed by atoms with E-state index in [-0.39, 0.29) is 24.8 Å². The number of hydrogen-bond acceptors (Lipinski definition) is 10. The molecule has 2 aromatic heterocycles. The number of rotatable bonds is 12. The molecule has 0 unspecified atom stereocenters. The first-order valence-corrected chi connectivity index (χ1v) is 15.4. The van der Waals surface area contributed by atoms with Gasteiger partial charge in [-0.3, -0.25) is 9.48 Å². The monoisotopic (exact) mass is 687 g/mol. The van der Waals surface area contributed by atoms with E-state index in [0.29, 0.717) is 70.3 Å². The van der Waals surface area contributed by atoms with Crippen LogP contribution in [-0.2, 0) is 27.5 Å². The van der Waals surface area contributed by atoms with Crippen LogP contribution in [0.3, 0.4) is 0 Å². The molecule has 3 aromatic carbocycles. The van der Waals surface area contributed by atoms with Crippen LogP contribution in [0.15, 0.2) is 80.9 Å². The van der Waals surface area contributed by atoms with Crippen LogP contribution in [0.5, 0.6) is 11.5 Å². The van der Waals surface area contributed by atoms with Gasteiger partial charge in [-0.1, -0.05) is 26.3 Å². The Kier molecular flexibility index (Phi) is 9.01. The Morgan fingerprint density at radius 3 is 2.57 bits per heavy atom. The van der Waals surface area contributed by atoms with E-state index in [1.807, 2.05) is 37.3 Å². The normalized spacial score (nSPS) is 13.3. The highest BCUT2D eigenvalue weighted by molar-refractivity contribution is 9.10. The highest BCUT2D eigenvalue weighted by Gasteiger charge is 2.34. The van der Waals surface area contributed by atoms with Crippen LogP contribution in [0.4, 0.5) is 5.69 Å². The van der Waals surface area contributed by atoms with Crippen LogP contribution in [0.1, 0.15) is 35.5 Å². The van der Waals surface area contributed by atoms with Crippen molar-refractivity contribution in [1.82, 2.24) is 15.0 Å². The summed E-state index contributed by atoms with van der Waals surface area (Å²) in [6.07, 6.45) is 1.76. The lowest BCUT2D eigenvalue weighted by Crippen LogP contribution is -2.33. The van der Waals surface area contributed by atoms with Gasteiger partial charge in [-0.2, -0.15) is 0 Å². The number of hydrogen-bond donors (Lipinski definition) is 0. The molecule has 6 rings (SSSR count). The first-order chi connectivity index (χ1) is 22.4. The van der Waals surface area contributed by atoms with E-state index in [0.717, 1.165) is 10.2 Å². The lowest BCUT2D eigenvalue weighted by Gasteiger charge is -2.16. The van der Waals surface area contributed by atoms with Gasteiger partial charge in [0.1, 0.15) is 47.3 Å². The standard InChI is InChI=1S/C33H30BrN5O7/c1-4-43-33(41)29-26-17-24(11-13-28(26)46-31(29)20-6-9-23(42-3)10-7-20)44-19-22-18-38(37-35-22)14-15-39-27-12-8-21(34)16-25(27)30(32(39)40)36-45-5-2/h6-13,16-18H,4-5,14-15,19H2,1-3H3/b36-30+. The number of esters is 1. The minimum Gasteiger partial charge on any atom is -0.497 e. The lowest BCUT2D eigenvalue weighted by molar-refractivity contribution is -0.112. The Balaban J connectivity index is 1.16. The smallest absolute Gasteiger partial charge is 0.342 e. The number of nitrogens with zero attached hydrogens (tertiary/aromatic N) is 5. The second-order valence-corrected chi connectivity index (χ2v) is 11.1. The van der Waals surface area contributed by atoms with Crippen LogP contribution in [0.2, 0.25) is 0 Å². The van der Waals surface area contributed by atoms with Crippen LogP contribution in [-0.4, -0.2) is 59.5 Å². The summed E-state index contributed by atoms with van der Waals surface area (Å²) in [6.45, 7) is 5.03. The van der Waals surface area contributed by atoms with Crippen molar-refractivity contribution < 1.29 is 33.1 Å². The predicted octanol–water partition coefficient (Wildman–Crippen LogP) is 6.01. The Hall–Kier alpha value is -5.17. The van der Waals surface area contributed by atoms with E-state index in [2.05, 4.69) is 31.4 Å². The van der Waals surface area contributed by atoms with Crippen molar-refractivity contribution in [3.05, 3.63) is 88.2 Å². The van der Waals surface area contributed by atoms with Crippen LogP contribution >= 0.6 is 15.9 Å². The van der Waals surface area contributed by atoms with Gasteiger partial charge in [-0.05, 0) is 74.5 Å². The second-order valence-electron chi connectivity index (χ2n) is 10.2. The molecule has 46 heavy (non-hydrogen) atoms. The summed E-state index contributed by atoms with van der Waals surface area (Å²) in [5.41, 5.74) is 3.86. The van der Waals surface area contributed by atoms with E-state index in [1.165, 1.54) is 0 Å². The van der Waals surface area contributed by atoms with Gasteiger partial charge < -0.3 is 28.4 Å². The van der Waals surface area contributed by atoms with Crippen molar-refractivity contribution in [2.45, 2.75) is 27.0 Å². The molecule has 0 spiro atoms. The number of halogens is 1. The number of furan rings is 1. The first kappa shape index (κ1) is 30.8. The Morgan fingerprint density at radius 2 is 1.80 bits per heavy atom.